The zero-order valence-corrected chi connectivity index (χ0v) is 9.94. The van der Waals surface area contributed by atoms with E-state index in [1.165, 1.54) is 5.56 Å². The standard InChI is InChI=1S/C11H14N4S/c1-2-15-7-9(5-14-15)8-16-11-4-3-10(12)6-13-11/h3-7H,2,8,12H2,1H3. The van der Waals surface area contributed by atoms with E-state index in [4.69, 9.17) is 5.73 Å². The van der Waals surface area contributed by atoms with Crippen molar-refractivity contribution in [1.29, 1.82) is 0 Å². The minimum Gasteiger partial charge on any atom is -0.397 e. The number of thioether (sulfide) groups is 1. The minimum absolute atomic E-state index is 0.697. The van der Waals surface area contributed by atoms with E-state index in [-0.39, 0.29) is 0 Å². The average molecular weight is 234 g/mol. The van der Waals surface area contributed by atoms with Crippen molar-refractivity contribution >= 4 is 17.4 Å². The number of nitrogens with two attached hydrogens (primary N) is 1. The van der Waals surface area contributed by atoms with Gasteiger partial charge in [0.25, 0.3) is 0 Å². The molecule has 0 saturated carbocycles. The summed E-state index contributed by atoms with van der Waals surface area (Å²) in [4.78, 5) is 4.23. The molecule has 84 valence electrons. The number of hydrogen-bond acceptors (Lipinski definition) is 4. The molecule has 0 fully saturated rings. The fraction of sp³-hybridized carbons (Fsp3) is 0.273. The summed E-state index contributed by atoms with van der Waals surface area (Å²) < 4.78 is 1.92. The van der Waals surface area contributed by atoms with E-state index in [0.29, 0.717) is 5.69 Å². The van der Waals surface area contributed by atoms with Gasteiger partial charge in [0.15, 0.2) is 0 Å². The van der Waals surface area contributed by atoms with E-state index >= 15 is 0 Å². The van der Waals surface area contributed by atoms with Crippen LogP contribution in [-0.2, 0) is 12.3 Å². The van der Waals surface area contributed by atoms with Gasteiger partial charge < -0.3 is 5.73 Å². The van der Waals surface area contributed by atoms with Gasteiger partial charge in [-0.2, -0.15) is 5.10 Å². The smallest absolute Gasteiger partial charge is 0.0964 e. The van der Waals surface area contributed by atoms with Crippen LogP contribution in [0.2, 0.25) is 0 Å². The lowest BCUT2D eigenvalue weighted by atomic mass is 10.4. The summed E-state index contributed by atoms with van der Waals surface area (Å²) in [6, 6.07) is 3.80. The Morgan fingerprint density at radius 1 is 1.38 bits per heavy atom. The van der Waals surface area contributed by atoms with Gasteiger partial charge in [0, 0.05) is 24.1 Å². The highest BCUT2D eigenvalue weighted by Gasteiger charge is 2.00. The SMILES string of the molecule is CCn1cc(CSc2ccc(N)cn2)cn1. The number of hydrogen-bond donors (Lipinski definition) is 1. The summed E-state index contributed by atoms with van der Waals surface area (Å²) in [5.41, 5.74) is 7.48. The quantitative estimate of drug-likeness (QED) is 0.824. The normalized spacial score (nSPS) is 10.6. The monoisotopic (exact) mass is 234 g/mol. The van der Waals surface area contributed by atoms with Gasteiger partial charge in [-0.05, 0) is 19.1 Å². The van der Waals surface area contributed by atoms with Gasteiger partial charge >= 0.3 is 0 Å². The van der Waals surface area contributed by atoms with Crippen LogP contribution in [0, 0.1) is 0 Å². The van der Waals surface area contributed by atoms with E-state index in [9.17, 15) is 0 Å². The number of anilines is 1. The highest BCUT2D eigenvalue weighted by atomic mass is 32.2. The maximum Gasteiger partial charge on any atom is 0.0964 e. The van der Waals surface area contributed by atoms with Crippen LogP contribution in [0.15, 0.2) is 35.7 Å². The predicted octanol–water partition coefficient (Wildman–Crippen LogP) is 2.17. The molecule has 0 bridgehead atoms. The second-order valence-corrected chi connectivity index (χ2v) is 4.42. The summed E-state index contributed by atoms with van der Waals surface area (Å²) in [5, 5.41) is 5.21. The fourth-order valence-electron chi connectivity index (χ4n) is 1.29. The fourth-order valence-corrected chi connectivity index (χ4v) is 2.04. The van der Waals surface area contributed by atoms with Crippen molar-refractivity contribution in [1.82, 2.24) is 14.8 Å². The van der Waals surface area contributed by atoms with Crippen LogP contribution in [0.1, 0.15) is 12.5 Å². The van der Waals surface area contributed by atoms with Gasteiger partial charge in [0.2, 0.25) is 0 Å². The molecule has 2 N–H and O–H groups in total. The second kappa shape index (κ2) is 5.03. The van der Waals surface area contributed by atoms with Crippen LogP contribution in [-0.4, -0.2) is 14.8 Å². The maximum atomic E-state index is 5.57. The van der Waals surface area contributed by atoms with Crippen molar-refractivity contribution in [2.75, 3.05) is 5.73 Å². The van der Waals surface area contributed by atoms with Crippen molar-refractivity contribution in [3.8, 4) is 0 Å². The van der Waals surface area contributed by atoms with E-state index in [1.54, 1.807) is 18.0 Å². The Balaban J connectivity index is 1.94. The molecule has 2 aromatic rings. The highest BCUT2D eigenvalue weighted by molar-refractivity contribution is 7.98. The third-order valence-corrected chi connectivity index (χ3v) is 3.17. The van der Waals surface area contributed by atoms with Gasteiger partial charge in [-0.1, -0.05) is 0 Å². The molecule has 0 radical (unpaired) electrons. The second-order valence-electron chi connectivity index (χ2n) is 3.42. The first-order valence-electron chi connectivity index (χ1n) is 5.13. The first-order chi connectivity index (χ1) is 7.78. The molecule has 0 saturated heterocycles. The molecule has 0 aliphatic heterocycles. The Labute approximate surface area is 98.9 Å². The van der Waals surface area contributed by atoms with Crippen LogP contribution in [0.25, 0.3) is 0 Å². The lowest BCUT2D eigenvalue weighted by Gasteiger charge is -1.99. The molecular formula is C11H14N4S. The zero-order valence-electron chi connectivity index (χ0n) is 9.13. The molecule has 0 atom stereocenters. The molecule has 2 rings (SSSR count). The highest BCUT2D eigenvalue weighted by Crippen LogP contribution is 2.20. The predicted molar refractivity (Wildman–Crippen MR) is 66.1 cm³/mol. The Kier molecular flexibility index (Phi) is 3.46. The molecular weight excluding hydrogens is 220 g/mol. The molecule has 5 heteroatoms. The van der Waals surface area contributed by atoms with Crippen molar-refractivity contribution in [3.05, 3.63) is 36.3 Å². The van der Waals surface area contributed by atoms with E-state index in [2.05, 4.69) is 23.2 Å². The Bertz CT molecular complexity index is 449. The third kappa shape index (κ3) is 2.76. The van der Waals surface area contributed by atoms with E-state index < -0.39 is 0 Å². The topological polar surface area (TPSA) is 56.7 Å². The molecule has 0 amide bonds. The summed E-state index contributed by atoms with van der Waals surface area (Å²) >= 11 is 1.69. The largest absolute Gasteiger partial charge is 0.397 e. The molecule has 0 aliphatic carbocycles. The number of pyridine rings is 1. The van der Waals surface area contributed by atoms with E-state index in [0.717, 1.165) is 17.3 Å². The van der Waals surface area contributed by atoms with Gasteiger partial charge in [-0.25, -0.2) is 4.98 Å². The van der Waals surface area contributed by atoms with Crippen molar-refractivity contribution in [2.24, 2.45) is 0 Å². The molecule has 2 aromatic heterocycles. The molecule has 0 unspecified atom stereocenters. The van der Waals surface area contributed by atoms with E-state index in [1.807, 2.05) is 23.0 Å². The van der Waals surface area contributed by atoms with Gasteiger partial charge in [-0.3, -0.25) is 4.68 Å². The summed E-state index contributed by atoms with van der Waals surface area (Å²) in [6.45, 7) is 2.98. The van der Waals surface area contributed by atoms with Crippen LogP contribution in [0.5, 0.6) is 0 Å². The first-order valence-corrected chi connectivity index (χ1v) is 6.12. The number of nitrogen functional groups attached to an aromatic ring is 1. The molecule has 2 heterocycles. The van der Waals surface area contributed by atoms with Crippen LogP contribution in [0.4, 0.5) is 5.69 Å². The van der Waals surface area contributed by atoms with Crippen LogP contribution in [0.3, 0.4) is 0 Å². The van der Waals surface area contributed by atoms with Gasteiger partial charge in [-0.15, -0.1) is 11.8 Å². The molecule has 0 spiro atoms. The lowest BCUT2D eigenvalue weighted by molar-refractivity contribution is 0.659. The summed E-state index contributed by atoms with van der Waals surface area (Å²) in [7, 11) is 0. The first kappa shape index (κ1) is 11.0. The molecule has 4 nitrogen and oxygen atoms in total. The molecule has 0 aromatic carbocycles. The Hall–Kier alpha value is -1.49. The van der Waals surface area contributed by atoms with Crippen molar-refractivity contribution < 1.29 is 0 Å². The van der Waals surface area contributed by atoms with Crippen molar-refractivity contribution in [2.45, 2.75) is 24.2 Å². The lowest BCUT2D eigenvalue weighted by Crippen LogP contribution is -1.92. The van der Waals surface area contributed by atoms with Crippen LogP contribution < -0.4 is 5.73 Å². The van der Waals surface area contributed by atoms with Crippen molar-refractivity contribution in [3.63, 3.8) is 0 Å². The number of nitrogens with zero attached hydrogens (tertiary/aromatic N) is 3. The third-order valence-electron chi connectivity index (χ3n) is 2.16. The van der Waals surface area contributed by atoms with Crippen LogP contribution >= 0.6 is 11.8 Å². The number of rotatable bonds is 4. The number of aryl methyl sites for hydroxylation is 1. The Morgan fingerprint density at radius 3 is 2.88 bits per heavy atom. The van der Waals surface area contributed by atoms with Gasteiger partial charge in [0.1, 0.15) is 0 Å². The summed E-state index contributed by atoms with van der Waals surface area (Å²) in [6.07, 6.45) is 5.63. The summed E-state index contributed by atoms with van der Waals surface area (Å²) in [5.74, 6) is 0.886. The average Bonchev–Trinajstić information content (AvgIpc) is 2.76. The Morgan fingerprint density at radius 2 is 2.25 bits per heavy atom. The number of aromatic nitrogens is 3. The zero-order chi connectivity index (χ0) is 11.4. The van der Waals surface area contributed by atoms with Gasteiger partial charge in [0.05, 0.1) is 23.1 Å². The molecule has 16 heavy (non-hydrogen) atoms. The maximum absolute atomic E-state index is 5.57. The minimum atomic E-state index is 0.697. The molecule has 0 aliphatic rings.